The third-order valence-corrected chi connectivity index (χ3v) is 5.05. The van der Waals surface area contributed by atoms with Crippen molar-refractivity contribution in [3.05, 3.63) is 59.2 Å². The van der Waals surface area contributed by atoms with Gasteiger partial charge in [-0.25, -0.2) is 4.98 Å². The highest BCUT2D eigenvalue weighted by Gasteiger charge is 2.18. The highest BCUT2D eigenvalue weighted by molar-refractivity contribution is 9.10. The molecule has 0 unspecified atom stereocenters. The van der Waals surface area contributed by atoms with Crippen LogP contribution in [0, 0.1) is 0 Å². The number of amides is 1. The van der Waals surface area contributed by atoms with Gasteiger partial charge >= 0.3 is 0 Å². The maximum absolute atomic E-state index is 12.4. The number of rotatable bonds is 6. The van der Waals surface area contributed by atoms with Crippen LogP contribution in [0.25, 0.3) is 11.3 Å². The molecular weight excluding hydrogens is 416 g/mol. The van der Waals surface area contributed by atoms with Crippen molar-refractivity contribution in [3.8, 4) is 17.1 Å². The summed E-state index contributed by atoms with van der Waals surface area (Å²) < 4.78 is 11.8. The lowest BCUT2D eigenvalue weighted by molar-refractivity contribution is -0.115. The lowest BCUT2D eigenvalue weighted by Crippen LogP contribution is -2.22. The molecule has 1 heterocycles. The number of nitrogens with zero attached hydrogens (tertiary/aromatic N) is 1. The zero-order valence-corrected chi connectivity index (χ0v) is 16.6. The van der Waals surface area contributed by atoms with Crippen molar-refractivity contribution in [1.82, 2.24) is 4.98 Å². The highest BCUT2D eigenvalue weighted by Crippen LogP contribution is 2.29. The first-order chi connectivity index (χ1) is 12.5. The minimum Gasteiger partial charge on any atom is -0.497 e. The number of aromatic nitrogens is 1. The van der Waals surface area contributed by atoms with Gasteiger partial charge in [-0.15, -0.1) is 0 Å². The predicted molar refractivity (Wildman–Crippen MR) is 107 cm³/mol. The zero-order valence-electron chi connectivity index (χ0n) is 14.2. The summed E-state index contributed by atoms with van der Waals surface area (Å²) in [7, 11) is 1.60. The van der Waals surface area contributed by atoms with E-state index in [9.17, 15) is 4.79 Å². The Morgan fingerprint density at radius 3 is 2.73 bits per heavy atom. The van der Waals surface area contributed by atoms with Crippen molar-refractivity contribution >= 4 is 39.3 Å². The van der Waals surface area contributed by atoms with Gasteiger partial charge < -0.3 is 14.5 Å². The number of hydrogen-bond donors (Lipinski definition) is 1. The molecule has 0 bridgehead atoms. The molecule has 0 spiro atoms. The van der Waals surface area contributed by atoms with Gasteiger partial charge in [0.15, 0.2) is 5.76 Å². The van der Waals surface area contributed by atoms with Gasteiger partial charge in [-0.3, -0.25) is 4.79 Å². The van der Waals surface area contributed by atoms with E-state index in [2.05, 4.69) is 26.2 Å². The van der Waals surface area contributed by atoms with E-state index < -0.39 is 0 Å². The molecule has 0 aliphatic carbocycles. The van der Waals surface area contributed by atoms with Crippen LogP contribution in [-0.4, -0.2) is 23.3 Å². The molecule has 5 nitrogen and oxygen atoms in total. The van der Waals surface area contributed by atoms with Crippen LogP contribution >= 0.6 is 27.7 Å². The van der Waals surface area contributed by atoms with Crippen LogP contribution in [0.5, 0.6) is 5.75 Å². The van der Waals surface area contributed by atoms with Crippen molar-refractivity contribution in [3.63, 3.8) is 0 Å². The van der Waals surface area contributed by atoms with E-state index in [1.54, 1.807) is 37.6 Å². The molecule has 134 valence electrons. The summed E-state index contributed by atoms with van der Waals surface area (Å²) in [4.78, 5) is 16.6. The Bertz CT molecular complexity index is 896. The molecule has 1 atom stereocenters. The molecule has 26 heavy (non-hydrogen) atoms. The molecule has 0 aliphatic rings. The topological polar surface area (TPSA) is 64.4 Å². The summed E-state index contributed by atoms with van der Waals surface area (Å²) >= 11 is 4.71. The minimum atomic E-state index is -0.355. The van der Waals surface area contributed by atoms with Gasteiger partial charge in [0.2, 0.25) is 5.91 Å². The van der Waals surface area contributed by atoms with Crippen molar-refractivity contribution in [1.29, 1.82) is 0 Å². The van der Waals surface area contributed by atoms with Gasteiger partial charge in [0.1, 0.15) is 5.75 Å². The number of thioether (sulfide) groups is 1. The molecule has 0 aliphatic heterocycles. The number of methoxy groups -OCH3 is 1. The second-order valence-corrected chi connectivity index (χ2v) is 7.69. The Morgan fingerprint density at radius 1 is 1.27 bits per heavy atom. The summed E-state index contributed by atoms with van der Waals surface area (Å²) in [5.41, 5.74) is 1.64. The van der Waals surface area contributed by atoms with Crippen LogP contribution in [0.3, 0.4) is 0 Å². The van der Waals surface area contributed by atoms with E-state index in [-0.39, 0.29) is 11.2 Å². The second kappa shape index (κ2) is 8.42. The normalized spacial score (nSPS) is 11.8. The summed E-state index contributed by atoms with van der Waals surface area (Å²) in [6.07, 6.45) is 1.66. The lowest BCUT2D eigenvalue weighted by Gasteiger charge is -2.10. The SMILES string of the molecule is COc1ccc(NC(=O)[C@H](C)Sc2ncc(-c3cccc(Br)c3)o2)cc1. The average Bonchev–Trinajstić information content (AvgIpc) is 3.11. The molecular formula is C19H17BrN2O3S. The Hall–Kier alpha value is -2.25. The average molecular weight is 433 g/mol. The maximum Gasteiger partial charge on any atom is 0.256 e. The summed E-state index contributed by atoms with van der Waals surface area (Å²) in [6.45, 7) is 1.81. The number of benzene rings is 2. The number of nitrogens with one attached hydrogen (secondary N) is 1. The number of carbonyl (C=O) groups excluding carboxylic acids is 1. The fourth-order valence-corrected chi connectivity index (χ4v) is 3.33. The van der Waals surface area contributed by atoms with E-state index in [1.807, 2.05) is 31.2 Å². The Balaban J connectivity index is 1.62. The van der Waals surface area contributed by atoms with E-state index in [4.69, 9.17) is 9.15 Å². The van der Waals surface area contributed by atoms with Crippen molar-refractivity contribution in [2.24, 2.45) is 0 Å². The molecule has 1 amide bonds. The summed E-state index contributed by atoms with van der Waals surface area (Å²) in [5, 5.41) is 2.97. The fourth-order valence-electron chi connectivity index (χ4n) is 2.21. The van der Waals surface area contributed by atoms with Gasteiger partial charge in [0.05, 0.1) is 18.6 Å². The first-order valence-corrected chi connectivity index (χ1v) is 9.56. The third-order valence-electron chi connectivity index (χ3n) is 3.60. The zero-order chi connectivity index (χ0) is 18.5. The van der Waals surface area contributed by atoms with Gasteiger partial charge in [0, 0.05) is 15.7 Å². The minimum absolute atomic E-state index is 0.123. The first-order valence-electron chi connectivity index (χ1n) is 7.88. The molecule has 1 N–H and O–H groups in total. The first kappa shape index (κ1) is 18.5. The molecule has 0 fully saturated rings. The summed E-state index contributed by atoms with van der Waals surface area (Å²) in [5.74, 6) is 1.28. The second-order valence-electron chi connectivity index (χ2n) is 5.48. The van der Waals surface area contributed by atoms with E-state index in [0.29, 0.717) is 16.7 Å². The van der Waals surface area contributed by atoms with Crippen molar-refractivity contribution < 1.29 is 13.9 Å². The molecule has 2 aromatic carbocycles. The summed E-state index contributed by atoms with van der Waals surface area (Å²) in [6, 6.07) is 15.0. The Kier molecular flexibility index (Phi) is 6.00. The standard InChI is InChI=1S/C19H17BrN2O3S/c1-12(18(23)22-15-6-8-16(24-2)9-7-15)26-19-21-11-17(25-19)13-4-3-5-14(20)10-13/h3-12H,1-2H3,(H,22,23)/t12-/m0/s1. The van der Waals surface area contributed by atoms with Gasteiger partial charge in [0.25, 0.3) is 5.22 Å². The fraction of sp³-hybridized carbons (Fsp3) is 0.158. The molecule has 0 saturated heterocycles. The Labute approximate surface area is 164 Å². The van der Waals surface area contributed by atoms with Crippen LogP contribution in [0.4, 0.5) is 5.69 Å². The lowest BCUT2D eigenvalue weighted by atomic mass is 10.2. The van der Waals surface area contributed by atoms with Gasteiger partial charge in [-0.05, 0) is 43.3 Å². The van der Waals surface area contributed by atoms with Crippen LogP contribution in [-0.2, 0) is 4.79 Å². The molecule has 3 rings (SSSR count). The molecule has 1 aromatic heterocycles. The van der Waals surface area contributed by atoms with E-state index in [0.717, 1.165) is 15.8 Å². The number of ether oxygens (including phenoxy) is 1. The monoisotopic (exact) mass is 432 g/mol. The molecule has 0 saturated carbocycles. The third kappa shape index (κ3) is 4.68. The molecule has 3 aromatic rings. The predicted octanol–water partition coefficient (Wildman–Crippen LogP) is 5.23. The number of oxazole rings is 1. The Morgan fingerprint density at radius 2 is 2.04 bits per heavy atom. The number of hydrogen-bond acceptors (Lipinski definition) is 5. The maximum atomic E-state index is 12.4. The highest BCUT2D eigenvalue weighted by atomic mass is 79.9. The smallest absolute Gasteiger partial charge is 0.256 e. The van der Waals surface area contributed by atoms with Crippen LogP contribution < -0.4 is 10.1 Å². The van der Waals surface area contributed by atoms with Crippen molar-refractivity contribution in [2.75, 3.05) is 12.4 Å². The number of anilines is 1. The van der Waals surface area contributed by atoms with E-state index in [1.165, 1.54) is 11.8 Å². The van der Waals surface area contributed by atoms with E-state index >= 15 is 0 Å². The molecule has 0 radical (unpaired) electrons. The number of halogens is 1. The van der Waals surface area contributed by atoms with Crippen LogP contribution in [0.1, 0.15) is 6.92 Å². The van der Waals surface area contributed by atoms with Crippen molar-refractivity contribution in [2.45, 2.75) is 17.4 Å². The van der Waals surface area contributed by atoms with Crippen LogP contribution in [0.15, 0.2) is 68.8 Å². The number of carbonyl (C=O) groups is 1. The largest absolute Gasteiger partial charge is 0.497 e. The quantitative estimate of drug-likeness (QED) is 0.540. The van der Waals surface area contributed by atoms with Gasteiger partial charge in [-0.2, -0.15) is 0 Å². The van der Waals surface area contributed by atoms with Crippen LogP contribution in [0.2, 0.25) is 0 Å². The van der Waals surface area contributed by atoms with Gasteiger partial charge in [-0.1, -0.05) is 39.8 Å². The molecule has 7 heteroatoms.